The van der Waals surface area contributed by atoms with Gasteiger partial charge in [0.05, 0.1) is 5.69 Å². The number of hydrogen-bond donors (Lipinski definition) is 1. The maximum absolute atomic E-state index is 12.5. The Kier molecular flexibility index (Phi) is 5.99. The molecule has 2 aromatic heterocycles. The third-order valence-electron chi connectivity index (χ3n) is 5.31. The van der Waals surface area contributed by atoms with E-state index < -0.39 is 0 Å². The van der Waals surface area contributed by atoms with Crippen LogP contribution in [0.4, 0.5) is 5.69 Å². The second-order valence-electron chi connectivity index (χ2n) is 7.53. The van der Waals surface area contributed by atoms with Crippen molar-refractivity contribution in [2.45, 2.75) is 33.6 Å². The molecule has 158 valence electrons. The predicted molar refractivity (Wildman–Crippen MR) is 126 cm³/mol. The first-order chi connectivity index (χ1) is 14.8. The first-order valence-electron chi connectivity index (χ1n) is 10.00. The quantitative estimate of drug-likeness (QED) is 0.392. The lowest BCUT2D eigenvalue weighted by Crippen LogP contribution is -2.14. The summed E-state index contributed by atoms with van der Waals surface area (Å²) in [5.41, 5.74) is 7.39. The number of aromatic nitrogens is 3. The fourth-order valence-corrected chi connectivity index (χ4v) is 4.39. The van der Waals surface area contributed by atoms with E-state index >= 15 is 0 Å². The zero-order valence-electron chi connectivity index (χ0n) is 17.5. The van der Waals surface area contributed by atoms with E-state index in [1.165, 1.54) is 0 Å². The van der Waals surface area contributed by atoms with Crippen molar-refractivity contribution in [3.05, 3.63) is 81.2 Å². The molecule has 31 heavy (non-hydrogen) atoms. The van der Waals surface area contributed by atoms with Crippen LogP contribution in [0.2, 0.25) is 10.0 Å². The molecule has 7 heteroatoms. The van der Waals surface area contributed by atoms with Gasteiger partial charge in [-0.25, -0.2) is 9.50 Å². The van der Waals surface area contributed by atoms with Gasteiger partial charge in [0, 0.05) is 39.1 Å². The average Bonchev–Trinajstić information content (AvgIpc) is 3.03. The maximum Gasteiger partial charge on any atom is 0.224 e. The van der Waals surface area contributed by atoms with E-state index in [0.29, 0.717) is 28.6 Å². The number of benzene rings is 2. The molecule has 1 amide bonds. The molecule has 4 rings (SSSR count). The van der Waals surface area contributed by atoms with E-state index in [1.54, 1.807) is 18.2 Å². The van der Waals surface area contributed by atoms with Gasteiger partial charge in [-0.15, -0.1) is 0 Å². The van der Waals surface area contributed by atoms with E-state index in [2.05, 4.69) is 17.4 Å². The van der Waals surface area contributed by atoms with E-state index in [4.69, 9.17) is 33.3 Å². The van der Waals surface area contributed by atoms with Crippen molar-refractivity contribution in [3.63, 3.8) is 0 Å². The van der Waals surface area contributed by atoms with Crippen LogP contribution in [-0.2, 0) is 11.2 Å². The first-order valence-corrected chi connectivity index (χ1v) is 10.8. The minimum Gasteiger partial charge on any atom is -0.326 e. The molecule has 2 aromatic carbocycles. The molecular formula is C24H22Cl2N4O. The smallest absolute Gasteiger partial charge is 0.224 e. The zero-order chi connectivity index (χ0) is 22.1. The van der Waals surface area contributed by atoms with E-state index in [-0.39, 0.29) is 5.91 Å². The Morgan fingerprint density at radius 3 is 2.35 bits per heavy atom. The summed E-state index contributed by atoms with van der Waals surface area (Å²) in [5.74, 6) is -0.112. The van der Waals surface area contributed by atoms with Crippen LogP contribution in [0.15, 0.2) is 48.5 Å². The molecule has 1 N–H and O–H groups in total. The molecule has 0 aliphatic heterocycles. The zero-order valence-corrected chi connectivity index (χ0v) is 19.1. The molecule has 0 fully saturated rings. The lowest BCUT2D eigenvalue weighted by molar-refractivity contribution is -0.116. The van der Waals surface area contributed by atoms with Crippen LogP contribution in [0.1, 0.15) is 29.1 Å². The van der Waals surface area contributed by atoms with Crippen molar-refractivity contribution in [2.24, 2.45) is 0 Å². The van der Waals surface area contributed by atoms with Gasteiger partial charge in [0.25, 0.3) is 0 Å². The Hall–Kier alpha value is -2.89. The van der Waals surface area contributed by atoms with Gasteiger partial charge in [-0.1, -0.05) is 53.5 Å². The number of carbonyl (C=O) groups is 1. The van der Waals surface area contributed by atoms with Gasteiger partial charge < -0.3 is 5.32 Å². The minimum absolute atomic E-state index is 0.112. The number of fused-ring (bicyclic) bond motifs is 1. The van der Waals surface area contributed by atoms with Gasteiger partial charge in [0.1, 0.15) is 0 Å². The monoisotopic (exact) mass is 452 g/mol. The number of halogens is 2. The highest BCUT2D eigenvalue weighted by atomic mass is 35.5. The highest BCUT2D eigenvalue weighted by Gasteiger charge is 2.18. The Bertz CT molecular complexity index is 1260. The summed E-state index contributed by atoms with van der Waals surface area (Å²) in [6.45, 7) is 6.00. The van der Waals surface area contributed by atoms with Crippen LogP contribution < -0.4 is 5.32 Å². The summed E-state index contributed by atoms with van der Waals surface area (Å²) in [4.78, 5) is 17.4. The van der Waals surface area contributed by atoms with E-state index in [9.17, 15) is 4.79 Å². The van der Waals surface area contributed by atoms with Crippen LogP contribution in [0.5, 0.6) is 0 Å². The van der Waals surface area contributed by atoms with Gasteiger partial charge in [-0.05, 0) is 56.5 Å². The van der Waals surface area contributed by atoms with Crippen molar-refractivity contribution in [1.82, 2.24) is 14.6 Å². The van der Waals surface area contributed by atoms with Crippen LogP contribution in [-0.4, -0.2) is 20.5 Å². The van der Waals surface area contributed by atoms with Gasteiger partial charge in [-0.3, -0.25) is 4.79 Å². The summed E-state index contributed by atoms with van der Waals surface area (Å²) < 4.78 is 1.88. The maximum atomic E-state index is 12.5. The number of nitrogens with zero attached hydrogens (tertiary/aromatic N) is 3. The molecule has 0 atom stereocenters. The standard InChI is InChI=1S/C24H22Cl2N4O/c1-14-21(9-10-22(31)28-20-12-18(25)11-19(26)13-20)16(3)30-24(27-14)23(15(2)29-30)17-7-5-4-6-8-17/h4-8,11-13H,9-10H2,1-3H3,(H,28,31). The largest absolute Gasteiger partial charge is 0.326 e. The third-order valence-corrected chi connectivity index (χ3v) is 5.75. The third kappa shape index (κ3) is 4.43. The van der Waals surface area contributed by atoms with Gasteiger partial charge in [0.2, 0.25) is 5.91 Å². The molecule has 0 aliphatic carbocycles. The normalized spacial score (nSPS) is 11.1. The fourth-order valence-electron chi connectivity index (χ4n) is 3.86. The van der Waals surface area contributed by atoms with Gasteiger partial charge in [0.15, 0.2) is 5.65 Å². The summed E-state index contributed by atoms with van der Waals surface area (Å²) in [6, 6.07) is 15.1. The number of carbonyl (C=O) groups excluding carboxylic acids is 1. The molecule has 0 saturated heterocycles. The predicted octanol–water partition coefficient (Wildman–Crippen LogP) is 6.20. The first kappa shape index (κ1) is 21.3. The van der Waals surface area contributed by atoms with E-state index in [1.807, 2.05) is 43.5 Å². The number of anilines is 1. The summed E-state index contributed by atoms with van der Waals surface area (Å²) >= 11 is 12.0. The molecule has 2 heterocycles. The second-order valence-corrected chi connectivity index (χ2v) is 8.40. The number of hydrogen-bond acceptors (Lipinski definition) is 3. The lowest BCUT2D eigenvalue weighted by Gasteiger charge is -2.12. The van der Waals surface area contributed by atoms with Crippen LogP contribution in [0, 0.1) is 20.8 Å². The summed E-state index contributed by atoms with van der Waals surface area (Å²) in [6.07, 6.45) is 0.866. The Balaban J connectivity index is 1.59. The number of rotatable bonds is 5. The number of aryl methyl sites for hydroxylation is 3. The van der Waals surface area contributed by atoms with Gasteiger partial charge >= 0.3 is 0 Å². The average molecular weight is 453 g/mol. The molecule has 0 radical (unpaired) electrons. The van der Waals surface area contributed by atoms with Crippen molar-refractivity contribution >= 4 is 40.4 Å². The van der Waals surface area contributed by atoms with Gasteiger partial charge in [-0.2, -0.15) is 5.10 Å². The van der Waals surface area contributed by atoms with Crippen molar-refractivity contribution in [1.29, 1.82) is 0 Å². The Morgan fingerprint density at radius 1 is 1.00 bits per heavy atom. The Labute approximate surface area is 191 Å². The molecule has 0 unspecified atom stereocenters. The topological polar surface area (TPSA) is 59.3 Å². The van der Waals surface area contributed by atoms with Crippen LogP contribution in [0.3, 0.4) is 0 Å². The SMILES string of the molecule is Cc1nc2c(-c3ccccc3)c(C)nn2c(C)c1CCC(=O)Nc1cc(Cl)cc(Cl)c1. The molecule has 0 saturated carbocycles. The summed E-state index contributed by atoms with van der Waals surface area (Å²) in [7, 11) is 0. The molecule has 0 spiro atoms. The number of nitrogens with one attached hydrogen (secondary N) is 1. The van der Waals surface area contributed by atoms with Crippen molar-refractivity contribution in [3.8, 4) is 11.1 Å². The molecule has 0 bridgehead atoms. The second kappa shape index (κ2) is 8.69. The molecule has 0 aliphatic rings. The molecular weight excluding hydrogens is 431 g/mol. The fraction of sp³-hybridized carbons (Fsp3) is 0.208. The lowest BCUT2D eigenvalue weighted by atomic mass is 10.0. The minimum atomic E-state index is -0.112. The van der Waals surface area contributed by atoms with Crippen molar-refractivity contribution in [2.75, 3.05) is 5.32 Å². The highest BCUT2D eigenvalue weighted by molar-refractivity contribution is 6.35. The molecule has 4 aromatic rings. The highest BCUT2D eigenvalue weighted by Crippen LogP contribution is 2.29. The van der Waals surface area contributed by atoms with Crippen LogP contribution >= 0.6 is 23.2 Å². The molecule has 5 nitrogen and oxygen atoms in total. The van der Waals surface area contributed by atoms with E-state index in [0.717, 1.165) is 39.4 Å². The number of amides is 1. The van der Waals surface area contributed by atoms with Crippen molar-refractivity contribution < 1.29 is 4.79 Å². The van der Waals surface area contributed by atoms with Crippen LogP contribution in [0.25, 0.3) is 16.8 Å². The summed E-state index contributed by atoms with van der Waals surface area (Å²) in [5, 5.41) is 8.54. The Morgan fingerprint density at radius 2 is 1.68 bits per heavy atom.